The van der Waals surface area contributed by atoms with E-state index in [0.717, 1.165) is 16.6 Å². The van der Waals surface area contributed by atoms with Crippen LogP contribution in [0, 0.1) is 12.8 Å². The van der Waals surface area contributed by atoms with Crippen LogP contribution in [0.5, 0.6) is 0 Å². The number of anilines is 1. The van der Waals surface area contributed by atoms with Gasteiger partial charge in [0.25, 0.3) is 15.9 Å². The Morgan fingerprint density at radius 2 is 2.00 bits per heavy atom. The minimum Gasteiger partial charge on any atom is -0.364 e. The largest absolute Gasteiger partial charge is 0.364 e. The lowest BCUT2D eigenvalue weighted by atomic mass is 9.93. The number of primary amides is 1. The second-order valence-electron chi connectivity index (χ2n) is 8.46. The summed E-state index contributed by atoms with van der Waals surface area (Å²) in [6.07, 6.45) is 5.30. The molecule has 1 atom stereocenters. The highest BCUT2D eigenvalue weighted by molar-refractivity contribution is 7.90. The van der Waals surface area contributed by atoms with E-state index in [9.17, 15) is 13.2 Å². The Morgan fingerprint density at radius 3 is 2.66 bits per heavy atom. The fourth-order valence-electron chi connectivity index (χ4n) is 4.03. The molecule has 182 valence electrons. The minimum atomic E-state index is -3.52. The smallest absolute Gasteiger partial charge is 0.271 e. The van der Waals surface area contributed by atoms with Crippen LogP contribution in [0.3, 0.4) is 0 Å². The van der Waals surface area contributed by atoms with E-state index in [1.165, 1.54) is 0 Å². The van der Waals surface area contributed by atoms with Crippen LogP contribution in [0.4, 0.5) is 5.82 Å². The molecule has 4 rings (SSSR count). The number of sulfonamides is 1. The number of rotatable bonds is 6. The van der Waals surface area contributed by atoms with Gasteiger partial charge in [-0.05, 0) is 38.5 Å². The predicted octanol–water partition coefficient (Wildman–Crippen LogP) is 3.12. The molecule has 3 N–H and O–H groups in total. The van der Waals surface area contributed by atoms with Crippen molar-refractivity contribution < 1.29 is 13.2 Å². The maximum Gasteiger partial charge on any atom is 0.271 e. The number of nitrogens with zero attached hydrogens (tertiary/aromatic N) is 5. The van der Waals surface area contributed by atoms with Gasteiger partial charge in [-0.25, -0.2) is 23.4 Å². The van der Waals surface area contributed by atoms with Gasteiger partial charge >= 0.3 is 0 Å². The van der Waals surface area contributed by atoms with Crippen LogP contribution in [0.2, 0.25) is 0 Å². The third-order valence-electron chi connectivity index (χ3n) is 5.82. The molecule has 10 nitrogen and oxygen atoms in total. The van der Waals surface area contributed by atoms with Crippen molar-refractivity contribution in [2.75, 3.05) is 11.1 Å². The first kappa shape index (κ1) is 24.3. The number of aryl methyl sites for hydroxylation is 2. The Balaban J connectivity index is 1.74. The van der Waals surface area contributed by atoms with E-state index in [4.69, 9.17) is 5.73 Å². The zero-order valence-electron chi connectivity index (χ0n) is 20.2. The van der Waals surface area contributed by atoms with Crippen LogP contribution in [-0.2, 0) is 17.1 Å². The van der Waals surface area contributed by atoms with Gasteiger partial charge in [-0.3, -0.25) is 4.79 Å². The van der Waals surface area contributed by atoms with Crippen LogP contribution >= 0.6 is 0 Å². The average molecular weight is 494 g/mol. The number of nitrogens with one attached hydrogen (secondary N) is 1. The third kappa shape index (κ3) is 4.72. The molecule has 0 saturated heterocycles. The van der Waals surface area contributed by atoms with E-state index in [1.54, 1.807) is 33.2 Å². The van der Waals surface area contributed by atoms with Crippen LogP contribution in [0.25, 0.3) is 22.3 Å². The molecule has 1 aliphatic carbocycles. The van der Waals surface area contributed by atoms with Gasteiger partial charge in [0.2, 0.25) is 0 Å². The predicted molar refractivity (Wildman–Crippen MR) is 137 cm³/mol. The molecule has 2 heterocycles. The number of fused-ring (bicyclic) bond motifs is 1. The van der Waals surface area contributed by atoms with Gasteiger partial charge in [0.05, 0.1) is 40.2 Å². The highest BCUT2D eigenvalue weighted by Gasteiger charge is 2.23. The van der Waals surface area contributed by atoms with Crippen LogP contribution < -0.4 is 11.1 Å². The van der Waals surface area contributed by atoms with Crippen molar-refractivity contribution >= 4 is 38.5 Å². The van der Waals surface area contributed by atoms with Gasteiger partial charge in [0.1, 0.15) is 0 Å². The highest BCUT2D eigenvalue weighted by Crippen LogP contribution is 2.30. The van der Waals surface area contributed by atoms with Crippen molar-refractivity contribution in [2.45, 2.75) is 27.7 Å². The van der Waals surface area contributed by atoms with Gasteiger partial charge in [-0.15, -0.1) is 0 Å². The van der Waals surface area contributed by atoms with Crippen molar-refractivity contribution in [3.63, 3.8) is 0 Å². The lowest BCUT2D eigenvalue weighted by Crippen LogP contribution is -2.22. The molecule has 0 fully saturated rings. The summed E-state index contributed by atoms with van der Waals surface area (Å²) in [5.41, 5.74) is 11.0. The molecule has 0 aliphatic heterocycles. The molecule has 1 aliphatic rings. The van der Waals surface area contributed by atoms with Crippen LogP contribution in [0.1, 0.15) is 37.0 Å². The topological polar surface area (TPSA) is 145 Å². The molecule has 0 bridgehead atoms. The standard InChI is InChI=1S/C24H27N7O3S/c1-6-35(33,34)30-19-13(2)10-16(11-14(19)3)28-24-22(23(25)32)29-20(15(4)27-24)17-8-7-9-18-21(17)26-12-31(18)5/h7-13H,6H2,1-5H3,(H2,25,32)(H,27,28)/t13-/m1/s1. The Morgan fingerprint density at radius 1 is 1.26 bits per heavy atom. The highest BCUT2D eigenvalue weighted by atomic mass is 32.2. The van der Waals surface area contributed by atoms with E-state index in [1.807, 2.05) is 42.8 Å². The number of aromatic nitrogens is 4. The second-order valence-corrected chi connectivity index (χ2v) is 10.4. The van der Waals surface area contributed by atoms with Crippen molar-refractivity contribution in [3.8, 4) is 11.3 Å². The number of hydrogen-bond donors (Lipinski definition) is 2. The summed E-state index contributed by atoms with van der Waals surface area (Å²) in [5.74, 6) is -0.844. The van der Waals surface area contributed by atoms with Gasteiger partial charge in [-0.1, -0.05) is 25.1 Å². The quantitative estimate of drug-likeness (QED) is 0.536. The molecule has 1 amide bonds. The van der Waals surface area contributed by atoms with Gasteiger partial charge in [-0.2, -0.15) is 4.40 Å². The molecule has 0 spiro atoms. The number of carbonyl (C=O) groups excluding carboxylic acids is 1. The molecular weight excluding hydrogens is 466 g/mol. The number of imidazole rings is 1. The Labute approximate surface area is 203 Å². The SMILES string of the molecule is CCS(=O)(=O)N=C1C(C)=CC(Nc2nc(C)c(-c3cccc4c3ncn4C)nc2C(N)=O)=C[C@H]1C. The molecule has 11 heteroatoms. The van der Waals surface area contributed by atoms with E-state index < -0.39 is 15.9 Å². The van der Waals surface area contributed by atoms with Crippen molar-refractivity contribution in [1.82, 2.24) is 19.5 Å². The van der Waals surface area contributed by atoms with E-state index in [-0.39, 0.29) is 23.2 Å². The van der Waals surface area contributed by atoms with Gasteiger partial charge < -0.3 is 15.6 Å². The molecule has 35 heavy (non-hydrogen) atoms. The zero-order valence-corrected chi connectivity index (χ0v) is 21.0. The molecular formula is C24H27N7O3S. The molecule has 2 aromatic heterocycles. The normalized spacial score (nSPS) is 17.4. The van der Waals surface area contributed by atoms with Crippen molar-refractivity contribution in [1.29, 1.82) is 0 Å². The third-order valence-corrected chi connectivity index (χ3v) is 7.02. The number of hydrogen-bond acceptors (Lipinski definition) is 7. The molecule has 3 aromatic rings. The zero-order chi connectivity index (χ0) is 25.5. The summed E-state index contributed by atoms with van der Waals surface area (Å²) in [5, 5.41) is 3.14. The molecule has 1 aromatic carbocycles. The summed E-state index contributed by atoms with van der Waals surface area (Å²) in [6.45, 7) is 7.00. The number of allylic oxidation sites excluding steroid dienone is 3. The van der Waals surface area contributed by atoms with Crippen molar-refractivity contribution in [2.24, 2.45) is 23.1 Å². The fourth-order valence-corrected chi connectivity index (χ4v) is 4.77. The monoisotopic (exact) mass is 493 g/mol. The molecule has 0 saturated carbocycles. The summed E-state index contributed by atoms with van der Waals surface area (Å²) in [4.78, 5) is 26.0. The number of amides is 1. The number of para-hydroxylation sites is 1. The Kier molecular flexibility index (Phi) is 6.28. The summed E-state index contributed by atoms with van der Waals surface area (Å²) >= 11 is 0. The maximum atomic E-state index is 12.3. The lowest BCUT2D eigenvalue weighted by Gasteiger charge is -2.21. The molecule has 0 radical (unpaired) electrons. The summed E-state index contributed by atoms with van der Waals surface area (Å²) in [6, 6.07) is 5.73. The van der Waals surface area contributed by atoms with E-state index >= 15 is 0 Å². The first-order chi connectivity index (χ1) is 16.5. The number of nitrogens with two attached hydrogens (primary N) is 1. The Hall–Kier alpha value is -3.86. The van der Waals surface area contributed by atoms with Gasteiger partial charge in [0, 0.05) is 24.2 Å². The van der Waals surface area contributed by atoms with Gasteiger partial charge in [0.15, 0.2) is 11.5 Å². The first-order valence-corrected chi connectivity index (χ1v) is 12.7. The molecule has 0 unspecified atom stereocenters. The summed E-state index contributed by atoms with van der Waals surface area (Å²) in [7, 11) is -1.62. The van der Waals surface area contributed by atoms with E-state index in [0.29, 0.717) is 28.4 Å². The van der Waals surface area contributed by atoms with E-state index in [2.05, 4.69) is 24.7 Å². The second kappa shape index (κ2) is 9.06. The Bertz CT molecular complexity index is 1550. The number of carbonyl (C=O) groups is 1. The fraction of sp³-hybridized carbons (Fsp3) is 0.292. The number of benzene rings is 1. The van der Waals surface area contributed by atoms with Crippen LogP contribution in [-0.4, -0.2) is 45.3 Å². The maximum absolute atomic E-state index is 12.3. The van der Waals surface area contributed by atoms with Crippen molar-refractivity contribution in [3.05, 3.63) is 59.3 Å². The summed E-state index contributed by atoms with van der Waals surface area (Å²) < 4.78 is 29.9. The first-order valence-electron chi connectivity index (χ1n) is 11.1. The minimum absolute atomic E-state index is 0.00818. The van der Waals surface area contributed by atoms with Crippen LogP contribution in [0.15, 0.2) is 52.3 Å². The lowest BCUT2D eigenvalue weighted by molar-refractivity contribution is 0.0996. The average Bonchev–Trinajstić information content (AvgIpc) is 3.17.